The maximum atomic E-state index is 12.5. The van der Waals surface area contributed by atoms with Crippen LogP contribution in [0, 0.1) is 5.92 Å². The molecule has 1 aliphatic heterocycles. The second-order valence-corrected chi connectivity index (χ2v) is 8.74. The number of piperidine rings is 1. The second-order valence-electron chi connectivity index (χ2n) is 5.26. The molecule has 0 bridgehead atoms. The highest BCUT2D eigenvalue weighted by Crippen LogP contribution is 2.25. The van der Waals surface area contributed by atoms with Crippen LogP contribution in [0.4, 0.5) is 0 Å². The third kappa shape index (κ3) is 4.20. The summed E-state index contributed by atoms with van der Waals surface area (Å²) in [7, 11) is 1.50. The quantitative estimate of drug-likeness (QED) is 0.736. The summed E-state index contributed by atoms with van der Waals surface area (Å²) in [5.74, 6) is 0.530. The Balaban J connectivity index is 2.22. The molecule has 1 aromatic carbocycles. The van der Waals surface area contributed by atoms with Crippen LogP contribution in [0.5, 0.6) is 0 Å². The predicted molar refractivity (Wildman–Crippen MR) is 86.1 cm³/mol. The number of likely N-dealkylation sites (tertiary alicyclic amines) is 1. The van der Waals surface area contributed by atoms with E-state index in [4.69, 9.17) is 10.7 Å². The number of carbonyl (C=O) groups excluding carboxylic acids is 1. The molecule has 0 radical (unpaired) electrons. The van der Waals surface area contributed by atoms with Crippen molar-refractivity contribution in [2.45, 2.75) is 31.1 Å². The molecule has 0 saturated carbocycles. The van der Waals surface area contributed by atoms with E-state index in [-0.39, 0.29) is 10.8 Å². The van der Waals surface area contributed by atoms with E-state index in [1.807, 2.05) is 0 Å². The fourth-order valence-electron chi connectivity index (χ4n) is 2.55. The van der Waals surface area contributed by atoms with Crippen LogP contribution in [0.25, 0.3) is 0 Å². The maximum Gasteiger partial charge on any atom is 0.261 e. The molecule has 0 unspecified atom stereocenters. The van der Waals surface area contributed by atoms with Crippen LogP contribution in [0.3, 0.4) is 0 Å². The molecule has 0 N–H and O–H groups in total. The number of amides is 1. The van der Waals surface area contributed by atoms with E-state index in [1.165, 1.54) is 12.1 Å². The Kier molecular flexibility index (Phi) is 5.33. The Labute approximate surface area is 138 Å². The minimum Gasteiger partial charge on any atom is -0.339 e. The van der Waals surface area contributed by atoms with E-state index in [0.717, 1.165) is 19.3 Å². The van der Waals surface area contributed by atoms with Gasteiger partial charge >= 0.3 is 0 Å². The molecule has 1 aliphatic rings. The first-order chi connectivity index (χ1) is 9.81. The highest BCUT2D eigenvalue weighted by molar-refractivity contribution is 9.10. The van der Waals surface area contributed by atoms with Gasteiger partial charge in [0.25, 0.3) is 15.0 Å². The number of carbonyl (C=O) groups is 1. The van der Waals surface area contributed by atoms with Crippen LogP contribution in [0.15, 0.2) is 27.6 Å². The Morgan fingerprint density at radius 3 is 2.48 bits per heavy atom. The molecule has 1 aromatic rings. The third-order valence-electron chi connectivity index (χ3n) is 3.88. The van der Waals surface area contributed by atoms with Gasteiger partial charge < -0.3 is 4.90 Å². The molecule has 0 aliphatic carbocycles. The number of hydrogen-bond donors (Lipinski definition) is 0. The van der Waals surface area contributed by atoms with Crippen LogP contribution in [-0.2, 0) is 9.05 Å². The molecule has 7 heteroatoms. The maximum absolute atomic E-state index is 12.5. The Hall–Kier alpha value is -0.590. The summed E-state index contributed by atoms with van der Waals surface area (Å²) in [6.07, 6.45) is 3.13. The van der Waals surface area contributed by atoms with Gasteiger partial charge in [-0.15, -0.1) is 0 Å². The van der Waals surface area contributed by atoms with Gasteiger partial charge in [0.2, 0.25) is 0 Å². The fourth-order valence-corrected chi connectivity index (χ4v) is 4.00. The highest BCUT2D eigenvalue weighted by atomic mass is 79.9. The average Bonchev–Trinajstić information content (AvgIpc) is 2.45. The summed E-state index contributed by atoms with van der Waals surface area (Å²) in [5, 5.41) is 0. The van der Waals surface area contributed by atoms with Crippen LogP contribution in [-0.4, -0.2) is 32.3 Å². The second kappa shape index (κ2) is 6.67. The molecule has 21 heavy (non-hydrogen) atoms. The van der Waals surface area contributed by atoms with Crippen molar-refractivity contribution in [3.05, 3.63) is 28.2 Å². The molecule has 0 aromatic heterocycles. The van der Waals surface area contributed by atoms with Gasteiger partial charge in [-0.25, -0.2) is 8.42 Å². The number of rotatable bonds is 3. The molecule has 1 heterocycles. The van der Waals surface area contributed by atoms with Crippen molar-refractivity contribution in [2.24, 2.45) is 5.92 Å². The van der Waals surface area contributed by atoms with E-state index >= 15 is 0 Å². The Morgan fingerprint density at radius 2 is 1.95 bits per heavy atom. The highest BCUT2D eigenvalue weighted by Gasteiger charge is 2.24. The van der Waals surface area contributed by atoms with Gasteiger partial charge in [0, 0.05) is 33.8 Å². The summed E-state index contributed by atoms with van der Waals surface area (Å²) >= 11 is 3.22. The van der Waals surface area contributed by atoms with Crippen LogP contribution in [0.2, 0.25) is 0 Å². The number of nitrogens with zero attached hydrogens (tertiary/aromatic N) is 1. The molecule has 0 atom stereocenters. The zero-order chi connectivity index (χ0) is 15.6. The lowest BCUT2D eigenvalue weighted by Gasteiger charge is -2.31. The van der Waals surface area contributed by atoms with Crippen molar-refractivity contribution in [1.82, 2.24) is 4.90 Å². The van der Waals surface area contributed by atoms with Gasteiger partial charge in [0.15, 0.2) is 0 Å². The monoisotopic (exact) mass is 393 g/mol. The summed E-state index contributed by atoms with van der Waals surface area (Å²) < 4.78 is 23.4. The van der Waals surface area contributed by atoms with Crippen LogP contribution < -0.4 is 0 Å². The molecular formula is C14H17BrClNO3S. The smallest absolute Gasteiger partial charge is 0.261 e. The van der Waals surface area contributed by atoms with Crippen molar-refractivity contribution in [1.29, 1.82) is 0 Å². The normalized spacial score (nSPS) is 17.0. The number of halogens is 2. The van der Waals surface area contributed by atoms with Gasteiger partial charge in [-0.1, -0.05) is 29.3 Å². The van der Waals surface area contributed by atoms with Gasteiger partial charge in [-0.05, 0) is 37.0 Å². The summed E-state index contributed by atoms with van der Waals surface area (Å²) in [6, 6.07) is 4.35. The van der Waals surface area contributed by atoms with Gasteiger partial charge in [-0.2, -0.15) is 0 Å². The fraction of sp³-hybridized carbons (Fsp3) is 0.500. The van der Waals surface area contributed by atoms with E-state index in [2.05, 4.69) is 22.9 Å². The van der Waals surface area contributed by atoms with E-state index < -0.39 is 9.05 Å². The summed E-state index contributed by atoms with van der Waals surface area (Å²) in [5.41, 5.74) is 0.346. The molecule has 4 nitrogen and oxygen atoms in total. The molecule has 116 valence electrons. The van der Waals surface area contributed by atoms with Gasteiger partial charge in [0.1, 0.15) is 0 Å². The average molecular weight is 395 g/mol. The lowest BCUT2D eigenvalue weighted by Crippen LogP contribution is -2.38. The lowest BCUT2D eigenvalue weighted by atomic mass is 9.94. The molecule has 0 spiro atoms. The largest absolute Gasteiger partial charge is 0.339 e. The Bertz CT molecular complexity index is 640. The van der Waals surface area contributed by atoms with Crippen molar-refractivity contribution in [3.8, 4) is 0 Å². The SMILES string of the molecule is CCC1CCN(C(=O)c2cc(Br)cc(S(=O)(=O)Cl)c2)CC1. The van der Waals surface area contributed by atoms with Gasteiger partial charge in [0.05, 0.1) is 4.90 Å². The standard InChI is InChI=1S/C14H17BrClNO3S/c1-2-10-3-5-17(6-4-10)14(18)11-7-12(15)9-13(8-11)21(16,19)20/h7-10H,2-6H2,1H3. The van der Waals surface area contributed by atoms with Crippen molar-refractivity contribution in [3.63, 3.8) is 0 Å². The number of benzene rings is 1. The van der Waals surface area contributed by atoms with Crippen molar-refractivity contribution < 1.29 is 13.2 Å². The first-order valence-electron chi connectivity index (χ1n) is 6.85. The summed E-state index contributed by atoms with van der Waals surface area (Å²) in [6.45, 7) is 3.59. The first-order valence-corrected chi connectivity index (χ1v) is 9.96. The first kappa shape index (κ1) is 16.8. The third-order valence-corrected chi connectivity index (χ3v) is 5.67. The lowest BCUT2D eigenvalue weighted by molar-refractivity contribution is 0.0688. The Morgan fingerprint density at radius 1 is 1.33 bits per heavy atom. The predicted octanol–water partition coefficient (Wildman–Crippen LogP) is 3.64. The topological polar surface area (TPSA) is 54.5 Å². The molecule has 1 saturated heterocycles. The van der Waals surface area contributed by atoms with E-state index in [0.29, 0.717) is 29.0 Å². The van der Waals surface area contributed by atoms with Crippen molar-refractivity contribution >= 4 is 41.6 Å². The van der Waals surface area contributed by atoms with Crippen LogP contribution >= 0.6 is 26.6 Å². The van der Waals surface area contributed by atoms with E-state index in [1.54, 1.807) is 11.0 Å². The number of hydrogen-bond acceptors (Lipinski definition) is 3. The molecular weight excluding hydrogens is 378 g/mol. The molecule has 1 amide bonds. The minimum atomic E-state index is -3.85. The van der Waals surface area contributed by atoms with Crippen LogP contribution in [0.1, 0.15) is 36.5 Å². The molecule has 2 rings (SSSR count). The van der Waals surface area contributed by atoms with Gasteiger partial charge in [-0.3, -0.25) is 4.79 Å². The van der Waals surface area contributed by atoms with Crippen molar-refractivity contribution in [2.75, 3.05) is 13.1 Å². The zero-order valence-corrected chi connectivity index (χ0v) is 14.8. The minimum absolute atomic E-state index is 0.0645. The van der Waals surface area contributed by atoms with E-state index in [9.17, 15) is 13.2 Å². The zero-order valence-electron chi connectivity index (χ0n) is 11.7. The molecule has 1 fully saturated rings. The summed E-state index contributed by atoms with van der Waals surface area (Å²) in [4.78, 5) is 14.2.